The number of anilines is 1. The Labute approximate surface area is 79.6 Å². The molecule has 0 fully saturated rings. The molecule has 7 nitrogen and oxygen atoms in total. The smallest absolute Gasteiger partial charge is 0.279 e. The van der Waals surface area contributed by atoms with Gasteiger partial charge in [-0.3, -0.25) is 9.82 Å². The summed E-state index contributed by atoms with van der Waals surface area (Å²) in [7, 11) is -3.57. The summed E-state index contributed by atoms with van der Waals surface area (Å²) in [6.07, 6.45) is 5.33. The minimum absolute atomic E-state index is 0.0127. The van der Waals surface area contributed by atoms with Gasteiger partial charge in [-0.05, 0) is 0 Å². The van der Waals surface area contributed by atoms with Crippen LogP contribution in [0, 0.1) is 0 Å². The van der Waals surface area contributed by atoms with Gasteiger partial charge < -0.3 is 4.98 Å². The summed E-state index contributed by atoms with van der Waals surface area (Å²) in [5.41, 5.74) is 0.375. The molecule has 74 valence electrons. The fraction of sp³-hybridized carbons (Fsp3) is 0. The molecular weight excluding hydrogens is 206 g/mol. The van der Waals surface area contributed by atoms with Crippen LogP contribution < -0.4 is 4.72 Å². The number of hydrogen-bond donors (Lipinski definition) is 3. The fourth-order valence-electron chi connectivity index (χ4n) is 0.907. The van der Waals surface area contributed by atoms with Crippen molar-refractivity contribution in [1.82, 2.24) is 20.2 Å². The molecule has 2 aromatic rings. The fourth-order valence-corrected chi connectivity index (χ4v) is 1.85. The molecule has 0 aliphatic carbocycles. The molecule has 14 heavy (non-hydrogen) atoms. The molecule has 0 atom stereocenters. The maximum absolute atomic E-state index is 11.5. The van der Waals surface area contributed by atoms with Gasteiger partial charge in [0.1, 0.15) is 0 Å². The Morgan fingerprint density at radius 1 is 1.36 bits per heavy atom. The molecule has 0 saturated heterocycles. The van der Waals surface area contributed by atoms with E-state index in [0.29, 0.717) is 5.69 Å². The maximum atomic E-state index is 11.5. The number of H-pyrrole nitrogens is 2. The Morgan fingerprint density at radius 2 is 2.21 bits per heavy atom. The van der Waals surface area contributed by atoms with Gasteiger partial charge in [-0.15, -0.1) is 0 Å². The molecule has 2 aromatic heterocycles. The predicted octanol–water partition coefficient (Wildman–Crippen LogP) is -0.0664. The van der Waals surface area contributed by atoms with Crippen LogP contribution >= 0.6 is 0 Å². The number of rotatable bonds is 3. The standard InChI is InChI=1S/C6H7N5O2S/c12-14(13,6-3-7-4-8-6)11-5-1-9-10-2-5/h1-4,11H,(H,7,8)(H,9,10). The van der Waals surface area contributed by atoms with Crippen LogP contribution in [0.5, 0.6) is 0 Å². The average molecular weight is 213 g/mol. The van der Waals surface area contributed by atoms with E-state index < -0.39 is 10.0 Å². The van der Waals surface area contributed by atoms with Crippen LogP contribution in [-0.4, -0.2) is 28.6 Å². The van der Waals surface area contributed by atoms with Crippen molar-refractivity contribution in [1.29, 1.82) is 0 Å². The topological polar surface area (TPSA) is 104 Å². The summed E-state index contributed by atoms with van der Waals surface area (Å²) >= 11 is 0. The number of aromatic nitrogens is 4. The first-order chi connectivity index (χ1) is 6.68. The van der Waals surface area contributed by atoms with Gasteiger partial charge in [-0.1, -0.05) is 0 Å². The van der Waals surface area contributed by atoms with E-state index in [4.69, 9.17) is 0 Å². The lowest BCUT2D eigenvalue weighted by Gasteiger charge is -2.01. The number of nitrogens with one attached hydrogen (secondary N) is 3. The Hall–Kier alpha value is -1.83. The normalized spacial score (nSPS) is 11.4. The molecule has 2 heterocycles. The Balaban J connectivity index is 2.27. The molecule has 0 amide bonds. The molecule has 8 heteroatoms. The lowest BCUT2D eigenvalue weighted by molar-refractivity contribution is 0.598. The third-order valence-corrected chi connectivity index (χ3v) is 2.82. The maximum Gasteiger partial charge on any atom is 0.279 e. The highest BCUT2D eigenvalue weighted by atomic mass is 32.2. The highest BCUT2D eigenvalue weighted by Gasteiger charge is 2.15. The van der Waals surface area contributed by atoms with Crippen molar-refractivity contribution >= 4 is 15.7 Å². The monoisotopic (exact) mass is 213 g/mol. The summed E-state index contributed by atoms with van der Waals surface area (Å²) in [5, 5.41) is 6.12. The van der Waals surface area contributed by atoms with Crippen molar-refractivity contribution in [3.05, 3.63) is 24.9 Å². The van der Waals surface area contributed by atoms with Crippen LogP contribution in [-0.2, 0) is 10.0 Å². The van der Waals surface area contributed by atoms with Crippen molar-refractivity contribution in [2.45, 2.75) is 5.03 Å². The van der Waals surface area contributed by atoms with E-state index in [1.165, 1.54) is 24.9 Å². The first kappa shape index (κ1) is 8.75. The summed E-state index contributed by atoms with van der Waals surface area (Å²) in [5.74, 6) is 0. The van der Waals surface area contributed by atoms with Gasteiger partial charge >= 0.3 is 0 Å². The first-order valence-corrected chi connectivity index (χ1v) is 5.17. The van der Waals surface area contributed by atoms with Gasteiger partial charge in [-0.2, -0.15) is 13.5 Å². The Bertz CT molecular complexity index is 486. The van der Waals surface area contributed by atoms with Crippen LogP contribution in [0.3, 0.4) is 0 Å². The summed E-state index contributed by atoms with van der Waals surface area (Å²) < 4.78 is 25.4. The molecule has 0 spiro atoms. The highest BCUT2D eigenvalue weighted by molar-refractivity contribution is 7.92. The number of imidazole rings is 1. The lowest BCUT2D eigenvalue weighted by atomic mass is 10.6. The van der Waals surface area contributed by atoms with Crippen molar-refractivity contribution in [3.8, 4) is 0 Å². The average Bonchev–Trinajstić information content (AvgIpc) is 2.71. The molecule has 0 radical (unpaired) electrons. The molecule has 2 rings (SSSR count). The molecular formula is C6H7N5O2S. The van der Waals surface area contributed by atoms with E-state index in [1.807, 2.05) is 0 Å². The zero-order valence-corrected chi connectivity index (χ0v) is 7.75. The van der Waals surface area contributed by atoms with Crippen LogP contribution in [0.15, 0.2) is 29.9 Å². The van der Waals surface area contributed by atoms with Crippen LogP contribution in [0.25, 0.3) is 0 Å². The van der Waals surface area contributed by atoms with E-state index in [9.17, 15) is 8.42 Å². The van der Waals surface area contributed by atoms with Crippen LogP contribution in [0.2, 0.25) is 0 Å². The van der Waals surface area contributed by atoms with E-state index in [-0.39, 0.29) is 5.03 Å². The third-order valence-electron chi connectivity index (χ3n) is 1.51. The second kappa shape index (κ2) is 3.14. The van der Waals surface area contributed by atoms with E-state index >= 15 is 0 Å². The van der Waals surface area contributed by atoms with Crippen molar-refractivity contribution in [2.75, 3.05) is 4.72 Å². The quantitative estimate of drug-likeness (QED) is 0.664. The zero-order chi connectivity index (χ0) is 10.0. The third kappa shape index (κ3) is 1.59. The van der Waals surface area contributed by atoms with Crippen LogP contribution in [0.1, 0.15) is 0 Å². The zero-order valence-electron chi connectivity index (χ0n) is 6.93. The Morgan fingerprint density at radius 3 is 2.79 bits per heavy atom. The van der Waals surface area contributed by atoms with Crippen molar-refractivity contribution in [3.63, 3.8) is 0 Å². The van der Waals surface area contributed by atoms with Gasteiger partial charge in [0.15, 0.2) is 5.03 Å². The number of sulfonamides is 1. The minimum Gasteiger partial charge on any atom is -0.334 e. The van der Waals surface area contributed by atoms with Gasteiger partial charge in [-0.25, -0.2) is 4.98 Å². The molecule has 0 bridgehead atoms. The number of aromatic amines is 2. The predicted molar refractivity (Wildman–Crippen MR) is 48.0 cm³/mol. The molecule has 0 saturated carbocycles. The summed E-state index contributed by atoms with van der Waals surface area (Å²) in [4.78, 5) is 6.12. The first-order valence-electron chi connectivity index (χ1n) is 3.68. The van der Waals surface area contributed by atoms with Crippen LogP contribution in [0.4, 0.5) is 5.69 Å². The second-order valence-corrected chi connectivity index (χ2v) is 4.16. The van der Waals surface area contributed by atoms with Crippen molar-refractivity contribution in [2.24, 2.45) is 0 Å². The molecule has 0 unspecified atom stereocenters. The van der Waals surface area contributed by atoms with E-state index in [0.717, 1.165) is 0 Å². The molecule has 0 aliphatic rings. The van der Waals surface area contributed by atoms with Gasteiger partial charge in [0.2, 0.25) is 0 Å². The second-order valence-electron chi connectivity index (χ2n) is 2.51. The van der Waals surface area contributed by atoms with E-state index in [2.05, 4.69) is 24.9 Å². The Kier molecular flexibility index (Phi) is 1.97. The summed E-state index contributed by atoms with van der Waals surface area (Å²) in [6, 6.07) is 0. The number of hydrogen-bond acceptors (Lipinski definition) is 4. The van der Waals surface area contributed by atoms with Gasteiger partial charge in [0.25, 0.3) is 10.0 Å². The van der Waals surface area contributed by atoms with Gasteiger partial charge in [0.05, 0.1) is 24.4 Å². The van der Waals surface area contributed by atoms with Gasteiger partial charge in [0, 0.05) is 6.20 Å². The molecule has 0 aliphatic heterocycles. The summed E-state index contributed by atoms with van der Waals surface area (Å²) in [6.45, 7) is 0. The highest BCUT2D eigenvalue weighted by Crippen LogP contribution is 2.10. The minimum atomic E-state index is -3.57. The molecule has 3 N–H and O–H groups in total. The SMILES string of the molecule is O=S(=O)(Nc1cn[nH]c1)c1cnc[nH]1. The van der Waals surface area contributed by atoms with Crippen molar-refractivity contribution < 1.29 is 8.42 Å². The number of nitrogens with zero attached hydrogens (tertiary/aromatic N) is 2. The molecule has 0 aromatic carbocycles. The lowest BCUT2D eigenvalue weighted by Crippen LogP contribution is -2.12. The largest absolute Gasteiger partial charge is 0.334 e. The van der Waals surface area contributed by atoms with E-state index in [1.54, 1.807) is 0 Å².